The van der Waals surface area contributed by atoms with Crippen molar-refractivity contribution in [3.8, 4) is 5.69 Å². The summed E-state index contributed by atoms with van der Waals surface area (Å²) in [5.41, 5.74) is 3.59. The zero-order chi connectivity index (χ0) is 20.8. The van der Waals surface area contributed by atoms with Gasteiger partial charge in [0.05, 0.1) is 0 Å². The van der Waals surface area contributed by atoms with Crippen LogP contribution in [-0.2, 0) is 10.5 Å². The van der Waals surface area contributed by atoms with E-state index in [1.165, 1.54) is 5.56 Å². The molecular formula is C23H25N3O2S2. The first-order chi connectivity index (χ1) is 14.7. The van der Waals surface area contributed by atoms with Crippen LogP contribution in [0, 0.1) is 0 Å². The Balaban J connectivity index is 1.42. The van der Waals surface area contributed by atoms with Crippen molar-refractivity contribution in [2.45, 2.75) is 29.0 Å². The standard InChI is InChI=1S/C23H25N3O2S2/c1-29-23-24-10-11-26(23)20-7-3-5-18(15-20)22(27)25-19-6-2-4-17(14-19)16-30-21-8-12-28-13-9-21/h2-7,10-11,14-15,21H,8-9,12-13,16H2,1H3,(H,25,27). The molecule has 1 fully saturated rings. The Morgan fingerprint density at radius 2 is 2.03 bits per heavy atom. The lowest BCUT2D eigenvalue weighted by molar-refractivity contribution is 0.1000. The number of hydrogen-bond acceptors (Lipinski definition) is 5. The summed E-state index contributed by atoms with van der Waals surface area (Å²) in [6.07, 6.45) is 7.90. The van der Waals surface area contributed by atoms with Crippen LogP contribution in [-0.4, -0.2) is 40.2 Å². The molecule has 7 heteroatoms. The molecule has 156 valence electrons. The van der Waals surface area contributed by atoms with Gasteiger partial charge in [-0.05, 0) is 55.0 Å². The number of carbonyl (C=O) groups is 1. The van der Waals surface area contributed by atoms with Gasteiger partial charge >= 0.3 is 0 Å². The summed E-state index contributed by atoms with van der Waals surface area (Å²) in [5.74, 6) is 0.832. The smallest absolute Gasteiger partial charge is 0.255 e. The van der Waals surface area contributed by atoms with Crippen LogP contribution >= 0.6 is 23.5 Å². The minimum atomic E-state index is -0.114. The van der Waals surface area contributed by atoms with Crippen molar-refractivity contribution in [2.75, 3.05) is 24.8 Å². The molecule has 0 atom stereocenters. The second-order valence-electron chi connectivity index (χ2n) is 7.11. The van der Waals surface area contributed by atoms with E-state index in [2.05, 4.69) is 22.4 Å². The van der Waals surface area contributed by atoms with E-state index in [0.29, 0.717) is 10.8 Å². The van der Waals surface area contributed by atoms with Crippen molar-refractivity contribution in [1.82, 2.24) is 9.55 Å². The highest BCUT2D eigenvalue weighted by Gasteiger charge is 2.14. The number of aromatic nitrogens is 2. The molecule has 1 N–H and O–H groups in total. The lowest BCUT2D eigenvalue weighted by Crippen LogP contribution is -2.17. The third-order valence-corrected chi connectivity index (χ3v) is 7.12. The minimum absolute atomic E-state index is 0.114. The highest BCUT2D eigenvalue weighted by Crippen LogP contribution is 2.26. The van der Waals surface area contributed by atoms with Gasteiger partial charge in [0.1, 0.15) is 0 Å². The molecule has 5 nitrogen and oxygen atoms in total. The number of thioether (sulfide) groups is 2. The van der Waals surface area contributed by atoms with E-state index in [1.54, 1.807) is 18.0 Å². The third-order valence-electron chi connectivity index (χ3n) is 5.01. The van der Waals surface area contributed by atoms with Gasteiger partial charge in [0, 0.05) is 53.5 Å². The number of amides is 1. The van der Waals surface area contributed by atoms with Crippen molar-refractivity contribution in [3.05, 3.63) is 72.1 Å². The molecule has 1 aromatic heterocycles. The topological polar surface area (TPSA) is 56.2 Å². The summed E-state index contributed by atoms with van der Waals surface area (Å²) < 4.78 is 7.42. The monoisotopic (exact) mass is 439 g/mol. The van der Waals surface area contributed by atoms with E-state index < -0.39 is 0 Å². The number of ether oxygens (including phenoxy) is 1. The normalized spacial score (nSPS) is 14.6. The van der Waals surface area contributed by atoms with Crippen LogP contribution in [0.2, 0.25) is 0 Å². The molecule has 1 aliphatic heterocycles. The summed E-state index contributed by atoms with van der Waals surface area (Å²) in [5, 5.41) is 4.59. The van der Waals surface area contributed by atoms with Gasteiger partial charge in [-0.15, -0.1) is 0 Å². The van der Waals surface area contributed by atoms with Crippen LogP contribution in [0.3, 0.4) is 0 Å². The molecule has 0 saturated carbocycles. The number of benzene rings is 2. The molecule has 1 amide bonds. The Bertz CT molecular complexity index is 999. The lowest BCUT2D eigenvalue weighted by atomic mass is 10.1. The first kappa shape index (κ1) is 21.0. The maximum absolute atomic E-state index is 12.8. The van der Waals surface area contributed by atoms with Gasteiger partial charge in [-0.2, -0.15) is 11.8 Å². The van der Waals surface area contributed by atoms with Crippen LogP contribution in [0.1, 0.15) is 28.8 Å². The van der Waals surface area contributed by atoms with E-state index in [0.717, 1.165) is 48.3 Å². The molecule has 3 aromatic rings. The number of carbonyl (C=O) groups excluding carboxylic acids is 1. The molecule has 2 aromatic carbocycles. The number of nitrogens with zero attached hydrogens (tertiary/aromatic N) is 2. The number of rotatable bonds is 7. The van der Waals surface area contributed by atoms with E-state index in [9.17, 15) is 4.79 Å². The maximum atomic E-state index is 12.8. The SMILES string of the molecule is CSc1nccn1-c1cccc(C(=O)Nc2cccc(CSC3CCOCC3)c2)c1. The van der Waals surface area contributed by atoms with Gasteiger partial charge in [0.2, 0.25) is 0 Å². The minimum Gasteiger partial charge on any atom is -0.381 e. The van der Waals surface area contributed by atoms with Crippen LogP contribution in [0.5, 0.6) is 0 Å². The Morgan fingerprint density at radius 1 is 1.20 bits per heavy atom. The molecule has 0 bridgehead atoms. The van der Waals surface area contributed by atoms with Gasteiger partial charge in [0.25, 0.3) is 5.91 Å². The molecular weight excluding hydrogens is 414 g/mol. The highest BCUT2D eigenvalue weighted by atomic mass is 32.2. The molecule has 4 rings (SSSR count). The summed E-state index contributed by atoms with van der Waals surface area (Å²) in [6.45, 7) is 1.73. The van der Waals surface area contributed by atoms with Crippen molar-refractivity contribution in [1.29, 1.82) is 0 Å². The first-order valence-electron chi connectivity index (χ1n) is 10.0. The number of nitrogens with one attached hydrogen (secondary N) is 1. The predicted molar refractivity (Wildman–Crippen MR) is 125 cm³/mol. The van der Waals surface area contributed by atoms with Crippen molar-refractivity contribution < 1.29 is 9.53 Å². The Kier molecular flexibility index (Phi) is 7.15. The van der Waals surface area contributed by atoms with Crippen LogP contribution in [0.25, 0.3) is 5.69 Å². The fourth-order valence-electron chi connectivity index (χ4n) is 3.43. The second-order valence-corrected chi connectivity index (χ2v) is 9.17. The summed E-state index contributed by atoms with van der Waals surface area (Å²) in [6, 6.07) is 15.7. The van der Waals surface area contributed by atoms with Crippen molar-refractivity contribution >= 4 is 35.1 Å². The summed E-state index contributed by atoms with van der Waals surface area (Å²) in [7, 11) is 0. The summed E-state index contributed by atoms with van der Waals surface area (Å²) in [4.78, 5) is 17.2. The molecule has 1 aliphatic rings. The largest absolute Gasteiger partial charge is 0.381 e. The molecule has 0 unspecified atom stereocenters. The summed E-state index contributed by atoms with van der Waals surface area (Å²) >= 11 is 3.55. The zero-order valence-corrected chi connectivity index (χ0v) is 18.5. The number of hydrogen-bond donors (Lipinski definition) is 1. The van der Waals surface area contributed by atoms with Crippen LogP contribution in [0.15, 0.2) is 66.1 Å². The maximum Gasteiger partial charge on any atom is 0.255 e. The Morgan fingerprint density at radius 3 is 2.87 bits per heavy atom. The molecule has 0 aliphatic carbocycles. The second kappa shape index (κ2) is 10.2. The average molecular weight is 440 g/mol. The Labute approximate surface area is 185 Å². The quantitative estimate of drug-likeness (QED) is 0.509. The van der Waals surface area contributed by atoms with E-state index in [1.807, 2.05) is 65.2 Å². The van der Waals surface area contributed by atoms with Crippen molar-refractivity contribution in [2.24, 2.45) is 0 Å². The van der Waals surface area contributed by atoms with Crippen LogP contribution in [0.4, 0.5) is 5.69 Å². The molecule has 30 heavy (non-hydrogen) atoms. The molecule has 0 radical (unpaired) electrons. The number of imidazole rings is 1. The predicted octanol–water partition coefficient (Wildman–Crippen LogP) is 5.26. The fraction of sp³-hybridized carbons (Fsp3) is 0.304. The lowest BCUT2D eigenvalue weighted by Gasteiger charge is -2.21. The third kappa shape index (κ3) is 5.28. The highest BCUT2D eigenvalue weighted by molar-refractivity contribution is 7.99. The first-order valence-corrected chi connectivity index (χ1v) is 12.3. The van der Waals surface area contributed by atoms with E-state index in [4.69, 9.17) is 4.74 Å². The van der Waals surface area contributed by atoms with Gasteiger partial charge in [-0.1, -0.05) is 30.0 Å². The molecule has 1 saturated heterocycles. The van der Waals surface area contributed by atoms with E-state index in [-0.39, 0.29) is 5.91 Å². The van der Waals surface area contributed by atoms with Crippen LogP contribution < -0.4 is 5.32 Å². The number of anilines is 1. The zero-order valence-electron chi connectivity index (χ0n) is 16.9. The van der Waals surface area contributed by atoms with Gasteiger partial charge < -0.3 is 10.1 Å². The molecule has 0 spiro atoms. The van der Waals surface area contributed by atoms with Crippen molar-refractivity contribution in [3.63, 3.8) is 0 Å². The fourth-order valence-corrected chi connectivity index (χ4v) is 5.10. The Hall–Kier alpha value is -2.22. The molecule has 2 heterocycles. The van der Waals surface area contributed by atoms with Gasteiger partial charge in [-0.3, -0.25) is 9.36 Å². The van der Waals surface area contributed by atoms with Gasteiger partial charge in [-0.25, -0.2) is 4.98 Å². The average Bonchev–Trinajstić information content (AvgIpc) is 3.28. The van der Waals surface area contributed by atoms with E-state index >= 15 is 0 Å². The van der Waals surface area contributed by atoms with Gasteiger partial charge in [0.15, 0.2) is 5.16 Å².